The highest BCUT2D eigenvalue weighted by atomic mass is 16.6. The lowest BCUT2D eigenvalue weighted by Crippen LogP contribution is -2.09. The molecular formula is C26H20O7. The van der Waals surface area contributed by atoms with Crippen LogP contribution in [0.5, 0.6) is 11.5 Å². The lowest BCUT2D eigenvalue weighted by atomic mass is 10.0. The van der Waals surface area contributed by atoms with E-state index in [1.807, 2.05) is 30.3 Å². The van der Waals surface area contributed by atoms with E-state index in [9.17, 15) is 19.8 Å². The molecule has 1 aliphatic heterocycles. The molecule has 3 aromatic rings. The van der Waals surface area contributed by atoms with E-state index in [2.05, 4.69) is 0 Å². The third-order valence-corrected chi connectivity index (χ3v) is 4.99. The Morgan fingerprint density at radius 3 is 2.33 bits per heavy atom. The number of hydrogen-bond acceptors (Lipinski definition) is 7. The fourth-order valence-corrected chi connectivity index (χ4v) is 3.39. The van der Waals surface area contributed by atoms with Gasteiger partial charge in [0.2, 0.25) is 0 Å². The third kappa shape index (κ3) is 4.57. The first-order valence-electron chi connectivity index (χ1n) is 10.0. The first-order chi connectivity index (χ1) is 16.0. The second-order valence-corrected chi connectivity index (χ2v) is 7.16. The van der Waals surface area contributed by atoms with E-state index >= 15 is 0 Å². The Labute approximate surface area is 189 Å². The van der Waals surface area contributed by atoms with Gasteiger partial charge in [0.05, 0.1) is 7.11 Å². The summed E-state index contributed by atoms with van der Waals surface area (Å²) in [6, 6.07) is 22.0. The maximum Gasteiger partial charge on any atom is 0.348 e. The smallest absolute Gasteiger partial charge is 0.348 e. The van der Waals surface area contributed by atoms with Gasteiger partial charge < -0.3 is 24.4 Å². The summed E-state index contributed by atoms with van der Waals surface area (Å²) in [5, 5.41) is 20.5. The van der Waals surface area contributed by atoms with Crippen molar-refractivity contribution >= 4 is 23.1 Å². The van der Waals surface area contributed by atoms with Crippen molar-refractivity contribution in [3.63, 3.8) is 0 Å². The molecule has 0 saturated carbocycles. The standard InChI is InChI=1S/C26H20O7/c1-31-25(29)22(17-10-12-20(13-11-17)32-15-16-6-3-2-4-7-16)24-23(28)21(26(30)33-24)18-8-5-9-19(27)14-18/h2-14,27-28H,15H2,1H3/b24-22+. The van der Waals surface area contributed by atoms with Gasteiger partial charge in [-0.1, -0.05) is 54.6 Å². The van der Waals surface area contributed by atoms with Crippen molar-refractivity contribution in [3.05, 3.63) is 107 Å². The highest BCUT2D eigenvalue weighted by Gasteiger charge is 2.36. The lowest BCUT2D eigenvalue weighted by molar-refractivity contribution is -0.134. The summed E-state index contributed by atoms with van der Waals surface area (Å²) >= 11 is 0. The molecule has 0 unspecified atom stereocenters. The van der Waals surface area contributed by atoms with Crippen molar-refractivity contribution in [2.45, 2.75) is 6.61 Å². The van der Waals surface area contributed by atoms with E-state index in [0.29, 0.717) is 17.9 Å². The van der Waals surface area contributed by atoms with Crippen LogP contribution in [0, 0.1) is 0 Å². The highest BCUT2D eigenvalue weighted by molar-refractivity contribution is 6.25. The second kappa shape index (κ2) is 9.32. The van der Waals surface area contributed by atoms with E-state index < -0.39 is 17.7 Å². The molecule has 1 aliphatic rings. The fraction of sp³-hybridized carbons (Fsp3) is 0.0769. The van der Waals surface area contributed by atoms with Crippen LogP contribution in [0.2, 0.25) is 0 Å². The molecule has 0 bridgehead atoms. The lowest BCUT2D eigenvalue weighted by Gasteiger charge is -2.11. The average molecular weight is 444 g/mol. The van der Waals surface area contributed by atoms with Gasteiger partial charge in [0.25, 0.3) is 0 Å². The van der Waals surface area contributed by atoms with Crippen LogP contribution in [0.25, 0.3) is 11.1 Å². The van der Waals surface area contributed by atoms with Crippen LogP contribution in [0.3, 0.4) is 0 Å². The molecule has 0 amide bonds. The number of ether oxygens (including phenoxy) is 3. The normalized spacial score (nSPS) is 14.6. The Balaban J connectivity index is 1.68. The van der Waals surface area contributed by atoms with Gasteiger partial charge in [-0.25, -0.2) is 9.59 Å². The van der Waals surface area contributed by atoms with Crippen LogP contribution in [-0.2, 0) is 25.7 Å². The summed E-state index contributed by atoms with van der Waals surface area (Å²) in [6.45, 7) is 0.375. The zero-order chi connectivity index (χ0) is 23.4. The number of phenols is 1. The van der Waals surface area contributed by atoms with Gasteiger partial charge in [0.1, 0.15) is 29.3 Å². The Morgan fingerprint density at radius 2 is 1.67 bits per heavy atom. The number of benzene rings is 3. The predicted molar refractivity (Wildman–Crippen MR) is 120 cm³/mol. The monoisotopic (exact) mass is 444 g/mol. The maximum atomic E-state index is 12.6. The summed E-state index contributed by atoms with van der Waals surface area (Å²) in [7, 11) is 1.19. The average Bonchev–Trinajstić information content (AvgIpc) is 3.12. The predicted octanol–water partition coefficient (Wildman–Crippen LogP) is 4.38. The van der Waals surface area contributed by atoms with E-state index in [0.717, 1.165) is 5.56 Å². The van der Waals surface area contributed by atoms with Gasteiger partial charge in [-0.2, -0.15) is 0 Å². The molecule has 0 radical (unpaired) electrons. The van der Waals surface area contributed by atoms with Gasteiger partial charge in [0, 0.05) is 0 Å². The number of carbonyl (C=O) groups excluding carboxylic acids is 2. The molecule has 1 heterocycles. The molecule has 2 N–H and O–H groups in total. The largest absolute Gasteiger partial charge is 0.508 e. The molecule has 7 nitrogen and oxygen atoms in total. The number of methoxy groups -OCH3 is 1. The van der Waals surface area contributed by atoms with Crippen LogP contribution in [0.15, 0.2) is 90.4 Å². The van der Waals surface area contributed by atoms with Crippen LogP contribution in [-0.4, -0.2) is 29.3 Å². The second-order valence-electron chi connectivity index (χ2n) is 7.16. The van der Waals surface area contributed by atoms with Crippen molar-refractivity contribution < 1.29 is 34.0 Å². The number of carbonyl (C=O) groups is 2. The van der Waals surface area contributed by atoms with Crippen LogP contribution in [0.4, 0.5) is 0 Å². The zero-order valence-corrected chi connectivity index (χ0v) is 17.6. The fourth-order valence-electron chi connectivity index (χ4n) is 3.39. The number of phenolic OH excluding ortho intramolecular Hbond substituents is 1. The molecule has 33 heavy (non-hydrogen) atoms. The molecular weight excluding hydrogens is 424 g/mol. The van der Waals surface area contributed by atoms with Gasteiger partial charge in [-0.15, -0.1) is 0 Å². The van der Waals surface area contributed by atoms with E-state index in [4.69, 9.17) is 14.2 Å². The van der Waals surface area contributed by atoms with Crippen molar-refractivity contribution in [3.8, 4) is 11.5 Å². The summed E-state index contributed by atoms with van der Waals surface area (Å²) in [5.74, 6) is -1.99. The number of esters is 2. The molecule has 0 aromatic heterocycles. The Morgan fingerprint density at radius 1 is 0.939 bits per heavy atom. The van der Waals surface area contributed by atoms with Crippen LogP contribution in [0.1, 0.15) is 16.7 Å². The topological polar surface area (TPSA) is 102 Å². The molecule has 0 atom stereocenters. The van der Waals surface area contributed by atoms with E-state index in [-0.39, 0.29) is 28.2 Å². The maximum absolute atomic E-state index is 12.6. The van der Waals surface area contributed by atoms with Gasteiger partial charge in [0.15, 0.2) is 11.5 Å². The van der Waals surface area contributed by atoms with Crippen molar-refractivity contribution in [1.82, 2.24) is 0 Å². The molecule has 0 saturated heterocycles. The Hall–Kier alpha value is -4.52. The molecule has 4 rings (SSSR count). The third-order valence-electron chi connectivity index (χ3n) is 4.99. The molecule has 3 aromatic carbocycles. The number of aromatic hydroxyl groups is 1. The van der Waals surface area contributed by atoms with E-state index in [1.165, 1.54) is 31.4 Å². The molecule has 0 aliphatic carbocycles. The number of cyclic esters (lactones) is 1. The number of rotatable bonds is 6. The van der Waals surface area contributed by atoms with Crippen molar-refractivity contribution in [2.24, 2.45) is 0 Å². The van der Waals surface area contributed by atoms with E-state index in [1.54, 1.807) is 24.3 Å². The number of aliphatic hydroxyl groups excluding tert-OH is 1. The molecule has 0 spiro atoms. The minimum atomic E-state index is -0.850. The minimum Gasteiger partial charge on any atom is -0.508 e. The molecule has 7 heteroatoms. The van der Waals surface area contributed by atoms with Crippen molar-refractivity contribution in [2.75, 3.05) is 7.11 Å². The Kier molecular flexibility index (Phi) is 6.13. The molecule has 0 fully saturated rings. The Bertz CT molecular complexity index is 1260. The van der Waals surface area contributed by atoms with Gasteiger partial charge in [-0.3, -0.25) is 0 Å². The molecule has 166 valence electrons. The first-order valence-corrected chi connectivity index (χ1v) is 10.0. The summed E-state index contributed by atoms with van der Waals surface area (Å²) < 4.78 is 15.9. The minimum absolute atomic E-state index is 0.0858. The van der Waals surface area contributed by atoms with Crippen molar-refractivity contribution in [1.29, 1.82) is 0 Å². The highest BCUT2D eigenvalue weighted by Crippen LogP contribution is 2.37. The zero-order valence-electron chi connectivity index (χ0n) is 17.6. The first kappa shape index (κ1) is 21.7. The summed E-state index contributed by atoms with van der Waals surface area (Å²) in [5.41, 5.74) is 1.34. The summed E-state index contributed by atoms with van der Waals surface area (Å²) in [4.78, 5) is 25.1. The van der Waals surface area contributed by atoms with Gasteiger partial charge >= 0.3 is 11.9 Å². The van der Waals surface area contributed by atoms with Crippen LogP contribution < -0.4 is 4.74 Å². The number of hydrogen-bond donors (Lipinski definition) is 2. The van der Waals surface area contributed by atoms with Crippen LogP contribution >= 0.6 is 0 Å². The quantitative estimate of drug-likeness (QED) is 0.430. The SMILES string of the molecule is COC(=O)/C(=C1/OC(=O)C(c2cccc(O)c2)=C1O)c1ccc(OCc2ccccc2)cc1. The van der Waals surface area contributed by atoms with Gasteiger partial charge in [-0.05, 0) is 41.0 Å². The number of aliphatic hydroxyl groups is 1. The summed E-state index contributed by atoms with van der Waals surface area (Å²) in [6.07, 6.45) is 0.